The smallest absolute Gasteiger partial charge is 0.341 e. The molecule has 0 unspecified atom stereocenters. The van der Waals surface area contributed by atoms with Gasteiger partial charge in [-0.1, -0.05) is 30.3 Å². The highest BCUT2D eigenvalue weighted by atomic mass is 32.1. The van der Waals surface area contributed by atoms with E-state index >= 15 is 0 Å². The van der Waals surface area contributed by atoms with Gasteiger partial charge in [-0.15, -0.1) is 22.7 Å². The molecule has 4 heterocycles. The zero-order valence-electron chi connectivity index (χ0n) is 27.6. The normalized spacial score (nSPS) is 16.8. The van der Waals surface area contributed by atoms with Crippen molar-refractivity contribution >= 4 is 56.4 Å². The number of hydrogen-bond acceptors (Lipinski definition) is 10. The number of nitrogens with zero attached hydrogens (tertiary/aromatic N) is 1. The molecule has 2 amide bonds. The lowest BCUT2D eigenvalue weighted by Gasteiger charge is -2.30. The minimum absolute atomic E-state index is 0.0824. The van der Waals surface area contributed by atoms with Crippen molar-refractivity contribution in [2.45, 2.75) is 71.5 Å². The quantitative estimate of drug-likeness (QED) is 0.245. The van der Waals surface area contributed by atoms with Crippen molar-refractivity contribution in [3.8, 4) is 0 Å². The zero-order valence-corrected chi connectivity index (χ0v) is 29.3. The van der Waals surface area contributed by atoms with Gasteiger partial charge in [0.25, 0.3) is 0 Å². The van der Waals surface area contributed by atoms with Crippen LogP contribution in [0.5, 0.6) is 0 Å². The van der Waals surface area contributed by atoms with Crippen LogP contribution in [0.15, 0.2) is 30.3 Å². The van der Waals surface area contributed by atoms with Crippen molar-refractivity contribution in [1.29, 1.82) is 0 Å². The molecule has 2 aromatic heterocycles. The number of amides is 2. The molecule has 3 aromatic rings. The lowest BCUT2D eigenvalue weighted by atomic mass is 9.93. The summed E-state index contributed by atoms with van der Waals surface area (Å²) in [5.41, 5.74) is 3.12. The Bertz CT molecular complexity index is 1630. The fourth-order valence-corrected chi connectivity index (χ4v) is 8.45. The summed E-state index contributed by atoms with van der Waals surface area (Å²) in [6.45, 7) is 9.56. The van der Waals surface area contributed by atoms with Crippen LogP contribution in [0.2, 0.25) is 0 Å². The van der Waals surface area contributed by atoms with Crippen molar-refractivity contribution in [3.05, 3.63) is 67.9 Å². The third kappa shape index (κ3) is 9.08. The maximum Gasteiger partial charge on any atom is 0.341 e. The van der Waals surface area contributed by atoms with E-state index in [0.717, 1.165) is 60.3 Å². The Labute approximate surface area is 288 Å². The van der Waals surface area contributed by atoms with E-state index in [1.807, 2.05) is 44.2 Å². The van der Waals surface area contributed by atoms with Gasteiger partial charge in [0, 0.05) is 29.3 Å². The summed E-state index contributed by atoms with van der Waals surface area (Å²) in [5, 5.41) is 16.4. The summed E-state index contributed by atoms with van der Waals surface area (Å²) in [6.07, 6.45) is 4.82. The number of benzene rings is 1. The molecule has 258 valence electrons. The highest BCUT2D eigenvalue weighted by Gasteiger charge is 2.34. The van der Waals surface area contributed by atoms with Crippen LogP contribution >= 0.6 is 22.7 Å². The lowest BCUT2D eigenvalue weighted by Crippen LogP contribution is -2.41. The Balaban J connectivity index is 0.000000188. The fourth-order valence-electron chi connectivity index (χ4n) is 6.02. The number of fused-ring (bicyclic) bond motifs is 2. The first kappa shape index (κ1) is 35.7. The topological polar surface area (TPSA) is 144 Å². The van der Waals surface area contributed by atoms with Crippen LogP contribution in [-0.2, 0) is 56.1 Å². The number of rotatable bonds is 9. The first-order valence-electron chi connectivity index (χ1n) is 16.3. The van der Waals surface area contributed by atoms with Gasteiger partial charge >= 0.3 is 11.9 Å². The number of aromatic carboxylic acids is 1. The van der Waals surface area contributed by atoms with Gasteiger partial charge in [0.15, 0.2) is 0 Å². The Morgan fingerprint density at radius 2 is 1.58 bits per heavy atom. The number of carboxylic acid groups (broad SMARTS) is 1. The molecule has 3 N–H and O–H groups in total. The van der Waals surface area contributed by atoms with Crippen LogP contribution in [0, 0.1) is 0 Å². The number of nitrogens with one attached hydrogen (secondary N) is 2. The summed E-state index contributed by atoms with van der Waals surface area (Å²) in [5.74, 6) is -1.64. The molecule has 13 heteroatoms. The first-order chi connectivity index (χ1) is 23.0. The maximum atomic E-state index is 12.4. The van der Waals surface area contributed by atoms with E-state index in [-0.39, 0.29) is 29.8 Å². The second-order valence-electron chi connectivity index (χ2n) is 12.5. The average molecular weight is 698 g/mol. The third-order valence-corrected chi connectivity index (χ3v) is 10.7. The van der Waals surface area contributed by atoms with Crippen molar-refractivity contribution < 1.29 is 38.5 Å². The average Bonchev–Trinajstić information content (AvgIpc) is 3.58. The summed E-state index contributed by atoms with van der Waals surface area (Å²) < 4.78 is 16.3. The molecular formula is C35H43N3O8S2. The Morgan fingerprint density at radius 3 is 2.29 bits per heavy atom. The lowest BCUT2D eigenvalue weighted by molar-refractivity contribution is -0.118. The predicted molar refractivity (Wildman–Crippen MR) is 185 cm³/mol. The Kier molecular flexibility index (Phi) is 12.0. The van der Waals surface area contributed by atoms with Crippen LogP contribution in [0.4, 0.5) is 10.0 Å². The molecule has 0 radical (unpaired) electrons. The number of ether oxygens (including phenoxy) is 3. The van der Waals surface area contributed by atoms with Gasteiger partial charge in [-0.2, -0.15) is 0 Å². The minimum atomic E-state index is -1.01. The van der Waals surface area contributed by atoms with Crippen LogP contribution in [-0.4, -0.2) is 78.8 Å². The largest absolute Gasteiger partial charge is 0.478 e. The number of carbonyl (C=O) groups excluding carboxylic acids is 3. The molecular weight excluding hydrogens is 655 g/mol. The molecule has 1 aliphatic carbocycles. The van der Waals surface area contributed by atoms with Gasteiger partial charge in [0.1, 0.15) is 10.0 Å². The summed E-state index contributed by atoms with van der Waals surface area (Å²) in [4.78, 5) is 52.9. The second-order valence-corrected chi connectivity index (χ2v) is 14.7. The summed E-state index contributed by atoms with van der Waals surface area (Å²) in [7, 11) is 0. The third-order valence-electron chi connectivity index (χ3n) is 8.34. The molecule has 11 nitrogen and oxygen atoms in total. The van der Waals surface area contributed by atoms with E-state index in [1.165, 1.54) is 27.6 Å². The SMILES string of the molecule is CC1(C)Cc2c(sc(NC(=O)Cc3ccccc3)c2C(=O)O)CO1.CCOC(=O)c1c(NC(=O)CN2CCOCC2)sc2c1CCCC2. The molecule has 48 heavy (non-hydrogen) atoms. The van der Waals surface area contributed by atoms with Crippen molar-refractivity contribution in [1.82, 2.24) is 4.90 Å². The van der Waals surface area contributed by atoms with Gasteiger partial charge in [-0.05, 0) is 63.1 Å². The first-order valence-corrected chi connectivity index (χ1v) is 17.9. The number of morpholine rings is 1. The number of esters is 1. The molecule has 0 atom stereocenters. The fraction of sp³-hybridized carbons (Fsp3) is 0.486. The molecule has 0 spiro atoms. The standard InChI is InChI=1S/C18H19NO4S.C17H24N2O4S/c1-18(2)9-12-13(10-23-18)24-16(15(12)17(21)22)19-14(20)8-11-6-4-3-5-7-11;1-2-23-17(21)15-12-5-3-4-6-13(12)24-16(15)18-14(20)11-19-7-9-22-10-8-19/h3-7H,8-10H2,1-2H3,(H,19,20)(H,21,22);2-11H2,1H3,(H,18,20). The number of anilines is 2. The predicted octanol–water partition coefficient (Wildman–Crippen LogP) is 5.55. The van der Waals surface area contributed by atoms with E-state index in [4.69, 9.17) is 14.2 Å². The second kappa shape index (κ2) is 16.2. The minimum Gasteiger partial charge on any atom is -0.478 e. The Morgan fingerprint density at radius 1 is 0.917 bits per heavy atom. The van der Waals surface area contributed by atoms with E-state index in [0.29, 0.717) is 55.0 Å². The molecule has 1 saturated heterocycles. The number of hydrogen-bond donors (Lipinski definition) is 3. The highest BCUT2D eigenvalue weighted by Crippen LogP contribution is 2.41. The molecule has 2 aliphatic heterocycles. The number of carboxylic acids is 1. The maximum absolute atomic E-state index is 12.4. The number of aryl methyl sites for hydroxylation is 1. The van der Waals surface area contributed by atoms with Gasteiger partial charge in [-0.25, -0.2) is 9.59 Å². The number of carbonyl (C=O) groups is 4. The molecule has 0 saturated carbocycles. The monoisotopic (exact) mass is 697 g/mol. The van der Waals surface area contributed by atoms with E-state index in [9.17, 15) is 24.3 Å². The van der Waals surface area contributed by atoms with Crippen LogP contribution in [0.3, 0.4) is 0 Å². The molecule has 3 aliphatic rings. The van der Waals surface area contributed by atoms with E-state index in [1.54, 1.807) is 6.92 Å². The number of thiophene rings is 2. The molecule has 6 rings (SSSR count). The van der Waals surface area contributed by atoms with E-state index in [2.05, 4.69) is 15.5 Å². The van der Waals surface area contributed by atoms with Gasteiger partial charge < -0.3 is 30.0 Å². The van der Waals surface area contributed by atoms with Crippen LogP contribution in [0.1, 0.15) is 80.8 Å². The zero-order chi connectivity index (χ0) is 34.3. The van der Waals surface area contributed by atoms with Gasteiger partial charge in [0.05, 0.1) is 56.1 Å². The Hall–Kier alpha value is -3.62. The van der Waals surface area contributed by atoms with Crippen molar-refractivity contribution in [3.63, 3.8) is 0 Å². The summed E-state index contributed by atoms with van der Waals surface area (Å²) in [6, 6.07) is 9.36. The molecule has 0 bridgehead atoms. The molecule has 1 fully saturated rings. The van der Waals surface area contributed by atoms with Crippen molar-refractivity contribution in [2.24, 2.45) is 0 Å². The van der Waals surface area contributed by atoms with Crippen LogP contribution in [0.25, 0.3) is 0 Å². The summed E-state index contributed by atoms with van der Waals surface area (Å²) >= 11 is 2.82. The van der Waals surface area contributed by atoms with Crippen LogP contribution < -0.4 is 10.6 Å². The highest BCUT2D eigenvalue weighted by molar-refractivity contribution is 7.17. The van der Waals surface area contributed by atoms with Crippen molar-refractivity contribution in [2.75, 3.05) is 50.1 Å². The molecule has 1 aromatic carbocycles. The van der Waals surface area contributed by atoms with Gasteiger partial charge in [-0.3, -0.25) is 14.5 Å². The van der Waals surface area contributed by atoms with Gasteiger partial charge in [0.2, 0.25) is 11.8 Å². The van der Waals surface area contributed by atoms with E-state index < -0.39 is 11.6 Å².